The highest BCUT2D eigenvalue weighted by atomic mass is 32.1. The summed E-state index contributed by atoms with van der Waals surface area (Å²) < 4.78 is 0. The van der Waals surface area contributed by atoms with Crippen LogP contribution in [0.4, 0.5) is 5.13 Å². The van der Waals surface area contributed by atoms with Crippen molar-refractivity contribution >= 4 is 33.7 Å². The van der Waals surface area contributed by atoms with Crippen LogP contribution in [0.5, 0.6) is 0 Å². The molecule has 0 aromatic carbocycles. The normalized spacial score (nSPS) is 10.4. The van der Waals surface area contributed by atoms with E-state index in [4.69, 9.17) is 5.73 Å². The van der Waals surface area contributed by atoms with E-state index in [1.807, 2.05) is 5.38 Å². The first kappa shape index (κ1) is 12.0. The van der Waals surface area contributed by atoms with Crippen LogP contribution in [0.15, 0.2) is 16.3 Å². The van der Waals surface area contributed by atoms with Crippen molar-refractivity contribution in [1.82, 2.24) is 15.3 Å². The van der Waals surface area contributed by atoms with Crippen LogP contribution in [0.1, 0.15) is 11.4 Å². The minimum atomic E-state index is -0.0365. The zero-order chi connectivity index (χ0) is 12.1. The first-order valence-corrected chi connectivity index (χ1v) is 6.90. The van der Waals surface area contributed by atoms with E-state index in [9.17, 15) is 4.79 Å². The lowest BCUT2D eigenvalue weighted by Crippen LogP contribution is -2.27. The third kappa shape index (κ3) is 3.79. The van der Waals surface area contributed by atoms with E-state index in [1.54, 1.807) is 22.2 Å². The van der Waals surface area contributed by atoms with Crippen LogP contribution >= 0.6 is 22.7 Å². The van der Waals surface area contributed by atoms with Crippen LogP contribution < -0.4 is 11.1 Å². The molecule has 2 heterocycles. The van der Waals surface area contributed by atoms with Gasteiger partial charge < -0.3 is 11.1 Å². The van der Waals surface area contributed by atoms with Gasteiger partial charge in [0.05, 0.1) is 23.3 Å². The van der Waals surface area contributed by atoms with E-state index in [0.29, 0.717) is 11.7 Å². The predicted molar refractivity (Wildman–Crippen MR) is 69.1 cm³/mol. The van der Waals surface area contributed by atoms with Crippen molar-refractivity contribution in [1.29, 1.82) is 0 Å². The quantitative estimate of drug-likeness (QED) is 0.850. The lowest BCUT2D eigenvalue weighted by Gasteiger charge is -2.02. The number of aromatic nitrogens is 2. The lowest BCUT2D eigenvalue weighted by molar-refractivity contribution is -0.120. The first-order valence-electron chi connectivity index (χ1n) is 5.07. The maximum absolute atomic E-state index is 11.5. The number of amides is 1. The number of carbonyl (C=O) groups excluding carboxylic acids is 1. The Labute approximate surface area is 107 Å². The monoisotopic (exact) mass is 268 g/mol. The van der Waals surface area contributed by atoms with E-state index in [2.05, 4.69) is 15.3 Å². The molecule has 0 bridgehead atoms. The summed E-state index contributed by atoms with van der Waals surface area (Å²) >= 11 is 2.90. The Hall–Kier alpha value is -1.47. The van der Waals surface area contributed by atoms with Gasteiger partial charge in [-0.2, -0.15) is 0 Å². The largest absolute Gasteiger partial charge is 0.375 e. The molecule has 5 nitrogen and oxygen atoms in total. The highest BCUT2D eigenvalue weighted by Crippen LogP contribution is 2.11. The zero-order valence-electron chi connectivity index (χ0n) is 9.05. The standard InChI is InChI=1S/C10H12N4OS2/c11-10-14-8(5-17-10)3-9(15)12-2-1-7-4-16-6-13-7/h4-6H,1-3H2,(H2,11,14)(H,12,15). The number of hydrogen-bond acceptors (Lipinski definition) is 6. The highest BCUT2D eigenvalue weighted by molar-refractivity contribution is 7.13. The molecule has 0 unspecified atom stereocenters. The first-order chi connectivity index (χ1) is 8.24. The number of nitrogen functional groups attached to an aromatic ring is 1. The average molecular weight is 268 g/mol. The third-order valence-corrected chi connectivity index (χ3v) is 3.46. The predicted octanol–water partition coefficient (Wildman–Crippen LogP) is 1.08. The van der Waals surface area contributed by atoms with E-state index < -0.39 is 0 Å². The summed E-state index contributed by atoms with van der Waals surface area (Å²) in [6.45, 7) is 0.599. The highest BCUT2D eigenvalue weighted by Gasteiger charge is 2.06. The summed E-state index contributed by atoms with van der Waals surface area (Å²) in [4.78, 5) is 19.7. The molecule has 0 saturated heterocycles. The number of carbonyl (C=O) groups is 1. The Bertz CT molecular complexity index is 480. The fraction of sp³-hybridized carbons (Fsp3) is 0.300. The van der Waals surface area contributed by atoms with Gasteiger partial charge in [-0.25, -0.2) is 9.97 Å². The van der Waals surface area contributed by atoms with Gasteiger partial charge in [0.1, 0.15) is 0 Å². The van der Waals surface area contributed by atoms with Gasteiger partial charge >= 0.3 is 0 Å². The maximum Gasteiger partial charge on any atom is 0.226 e. The van der Waals surface area contributed by atoms with Crippen LogP contribution in [0.3, 0.4) is 0 Å². The maximum atomic E-state index is 11.5. The molecule has 90 valence electrons. The fourth-order valence-corrected chi connectivity index (χ4v) is 2.48. The molecule has 2 aromatic heterocycles. The van der Waals surface area contributed by atoms with Crippen molar-refractivity contribution in [3.8, 4) is 0 Å². The smallest absolute Gasteiger partial charge is 0.226 e. The Kier molecular flexibility index (Phi) is 4.05. The Morgan fingerprint density at radius 1 is 1.41 bits per heavy atom. The minimum Gasteiger partial charge on any atom is -0.375 e. The van der Waals surface area contributed by atoms with Crippen LogP contribution in [0.25, 0.3) is 0 Å². The van der Waals surface area contributed by atoms with Gasteiger partial charge in [0.2, 0.25) is 5.91 Å². The molecule has 2 rings (SSSR count). The molecular formula is C10H12N4OS2. The van der Waals surface area contributed by atoms with Crippen LogP contribution in [0, 0.1) is 0 Å². The van der Waals surface area contributed by atoms with Gasteiger partial charge in [-0.1, -0.05) is 0 Å². The fourth-order valence-electron chi connectivity index (χ4n) is 1.32. The second kappa shape index (κ2) is 5.74. The Morgan fingerprint density at radius 3 is 2.94 bits per heavy atom. The zero-order valence-corrected chi connectivity index (χ0v) is 10.7. The summed E-state index contributed by atoms with van der Waals surface area (Å²) in [5, 5.41) is 7.10. The van der Waals surface area contributed by atoms with E-state index in [1.165, 1.54) is 11.3 Å². The second-order valence-corrected chi connectivity index (χ2v) is 5.04. The summed E-state index contributed by atoms with van der Waals surface area (Å²) in [5.41, 5.74) is 9.00. The SMILES string of the molecule is Nc1nc(CC(=O)NCCc2cscn2)cs1. The van der Waals surface area contributed by atoms with Gasteiger partial charge in [0.25, 0.3) is 0 Å². The Morgan fingerprint density at radius 2 is 2.29 bits per heavy atom. The molecule has 0 radical (unpaired) electrons. The molecule has 0 saturated carbocycles. The molecule has 2 aromatic rings. The molecule has 0 spiro atoms. The van der Waals surface area contributed by atoms with E-state index in [-0.39, 0.29) is 12.3 Å². The number of nitrogens with two attached hydrogens (primary N) is 1. The second-order valence-electron chi connectivity index (χ2n) is 3.43. The third-order valence-electron chi connectivity index (χ3n) is 2.10. The molecule has 7 heteroatoms. The van der Waals surface area contributed by atoms with E-state index >= 15 is 0 Å². The van der Waals surface area contributed by atoms with Crippen LogP contribution in [-0.4, -0.2) is 22.4 Å². The molecule has 0 aliphatic heterocycles. The van der Waals surface area contributed by atoms with Gasteiger partial charge in [-0.3, -0.25) is 4.79 Å². The molecule has 0 fully saturated rings. The van der Waals surface area contributed by atoms with Gasteiger partial charge in [0, 0.05) is 23.7 Å². The van der Waals surface area contributed by atoms with Crippen molar-refractivity contribution in [2.45, 2.75) is 12.8 Å². The molecule has 1 amide bonds. The van der Waals surface area contributed by atoms with Crippen molar-refractivity contribution in [3.05, 3.63) is 27.7 Å². The lowest BCUT2D eigenvalue weighted by atomic mass is 10.3. The van der Waals surface area contributed by atoms with Gasteiger partial charge in [-0.05, 0) is 0 Å². The van der Waals surface area contributed by atoms with Crippen molar-refractivity contribution in [2.75, 3.05) is 12.3 Å². The summed E-state index contributed by atoms with van der Waals surface area (Å²) in [6, 6.07) is 0. The van der Waals surface area contributed by atoms with Gasteiger partial charge in [-0.15, -0.1) is 22.7 Å². The topological polar surface area (TPSA) is 80.9 Å². The molecular weight excluding hydrogens is 256 g/mol. The van der Waals surface area contributed by atoms with Crippen LogP contribution in [-0.2, 0) is 17.6 Å². The Balaban J connectivity index is 1.71. The van der Waals surface area contributed by atoms with E-state index in [0.717, 1.165) is 17.8 Å². The van der Waals surface area contributed by atoms with Gasteiger partial charge in [0.15, 0.2) is 5.13 Å². The molecule has 3 N–H and O–H groups in total. The van der Waals surface area contributed by atoms with Crippen LogP contribution in [0.2, 0.25) is 0 Å². The average Bonchev–Trinajstić information content (AvgIpc) is 2.90. The number of nitrogens with one attached hydrogen (secondary N) is 1. The summed E-state index contributed by atoms with van der Waals surface area (Å²) in [5.74, 6) is -0.0365. The summed E-state index contributed by atoms with van der Waals surface area (Å²) in [6.07, 6.45) is 1.04. The number of rotatable bonds is 5. The molecule has 0 aliphatic carbocycles. The molecule has 17 heavy (non-hydrogen) atoms. The number of nitrogens with zero attached hydrogens (tertiary/aromatic N) is 2. The molecule has 0 aliphatic rings. The van der Waals surface area contributed by atoms with Crippen molar-refractivity contribution in [3.63, 3.8) is 0 Å². The summed E-state index contributed by atoms with van der Waals surface area (Å²) in [7, 11) is 0. The van der Waals surface area contributed by atoms with Crippen molar-refractivity contribution in [2.24, 2.45) is 0 Å². The molecule has 0 atom stereocenters. The van der Waals surface area contributed by atoms with Crippen molar-refractivity contribution < 1.29 is 4.79 Å². The number of anilines is 1. The number of thiazole rings is 2. The number of hydrogen-bond donors (Lipinski definition) is 2. The minimum absolute atomic E-state index is 0.0365.